The van der Waals surface area contributed by atoms with Crippen LogP contribution >= 0.6 is 0 Å². The third kappa shape index (κ3) is 7.68. The van der Waals surface area contributed by atoms with Gasteiger partial charge in [0, 0.05) is 33.9 Å². The van der Waals surface area contributed by atoms with Crippen molar-refractivity contribution in [1.82, 2.24) is 5.32 Å². The molecular weight excluding hydrogens is 311 g/mol. The van der Waals surface area contributed by atoms with Gasteiger partial charge < -0.3 is 16.4 Å². The molecule has 0 unspecified atom stereocenters. The summed E-state index contributed by atoms with van der Waals surface area (Å²) in [4.78, 5) is 34.5. The van der Waals surface area contributed by atoms with Gasteiger partial charge in [-0.2, -0.15) is 0 Å². The maximum atomic E-state index is 12.0. The second-order valence-electron chi connectivity index (χ2n) is 4.70. The van der Waals surface area contributed by atoms with Crippen molar-refractivity contribution in [2.75, 3.05) is 32.0 Å². The van der Waals surface area contributed by atoms with Gasteiger partial charge in [0.15, 0.2) is 0 Å². The molecule has 1 amide bonds. The summed E-state index contributed by atoms with van der Waals surface area (Å²) >= 11 is 0. The van der Waals surface area contributed by atoms with E-state index in [0.29, 0.717) is 23.5 Å². The number of hydrogen-bond donors (Lipinski definition) is 2. The molecule has 0 saturated heterocycles. The predicted octanol–water partition coefficient (Wildman–Crippen LogP) is -1.56. The summed E-state index contributed by atoms with van der Waals surface area (Å²) in [5, 5.41) is 5.42. The average Bonchev–Trinajstić information content (AvgIpc) is 2.43. The fourth-order valence-electron chi connectivity index (χ4n) is 1.83. The van der Waals surface area contributed by atoms with Gasteiger partial charge >= 0.3 is 51.4 Å². The summed E-state index contributed by atoms with van der Waals surface area (Å²) < 4.78 is 0.802. The molecular formula is C14H20KN4O3+. The molecule has 3 N–H and O–H groups in total. The van der Waals surface area contributed by atoms with E-state index in [0.717, 1.165) is 4.76 Å². The van der Waals surface area contributed by atoms with E-state index in [9.17, 15) is 14.5 Å². The van der Waals surface area contributed by atoms with Gasteiger partial charge in [-0.3, -0.25) is 9.59 Å². The Labute approximate surface area is 172 Å². The zero-order valence-corrected chi connectivity index (χ0v) is 16.4. The summed E-state index contributed by atoms with van der Waals surface area (Å²) in [6.07, 6.45) is 0.192. The predicted molar refractivity (Wildman–Crippen MR) is 80.7 cm³/mol. The summed E-state index contributed by atoms with van der Waals surface area (Å²) in [6, 6.07) is 4.82. The third-order valence-corrected chi connectivity index (χ3v) is 2.73. The van der Waals surface area contributed by atoms with Gasteiger partial charge in [-0.15, -0.1) is 0 Å². The summed E-state index contributed by atoms with van der Waals surface area (Å²) in [5.74, 6) is -0.494. The van der Waals surface area contributed by atoms with Gasteiger partial charge in [-0.25, -0.2) is 0 Å². The van der Waals surface area contributed by atoms with Crippen LogP contribution in [0.15, 0.2) is 18.2 Å². The van der Waals surface area contributed by atoms with Crippen molar-refractivity contribution < 1.29 is 65.7 Å². The minimum absolute atomic E-state index is 0. The molecule has 0 atom stereocenters. The second-order valence-corrected chi connectivity index (χ2v) is 4.70. The van der Waals surface area contributed by atoms with E-state index in [4.69, 9.17) is 5.73 Å². The van der Waals surface area contributed by atoms with Crippen LogP contribution in [-0.4, -0.2) is 43.1 Å². The quantitative estimate of drug-likeness (QED) is 0.444. The molecule has 0 aliphatic heterocycles. The van der Waals surface area contributed by atoms with Gasteiger partial charge in [-0.1, -0.05) is 6.54 Å². The number of likely N-dealkylation sites (N-methyl/N-ethyl adjacent to an activating group) is 1. The average molecular weight is 331 g/mol. The Kier molecular flexibility index (Phi) is 10.9. The summed E-state index contributed by atoms with van der Waals surface area (Å²) in [6.45, 7) is 1.85. The topological polar surface area (TPSA) is 102 Å². The molecule has 22 heavy (non-hydrogen) atoms. The Bertz CT molecular complexity index is 549. The number of nitrogens with zero attached hydrogens (tertiary/aromatic N) is 1. The van der Waals surface area contributed by atoms with E-state index < -0.39 is 12.5 Å². The van der Waals surface area contributed by atoms with E-state index in [1.165, 1.54) is 6.92 Å². The van der Waals surface area contributed by atoms with Crippen molar-refractivity contribution in [2.24, 2.45) is 0 Å². The van der Waals surface area contributed by atoms with Crippen LogP contribution in [0.5, 0.6) is 0 Å². The molecule has 0 aliphatic carbocycles. The number of amides is 1. The first-order chi connectivity index (χ1) is 9.96. The van der Waals surface area contributed by atoms with Crippen LogP contribution in [0.1, 0.15) is 12.5 Å². The normalized spacial score (nSPS) is 9.77. The molecule has 1 rings (SSSR count). The van der Waals surface area contributed by atoms with Crippen molar-refractivity contribution in [1.29, 1.82) is 0 Å². The number of ketones is 1. The van der Waals surface area contributed by atoms with Crippen LogP contribution in [0, 0.1) is 4.91 Å². The monoisotopic (exact) mass is 331 g/mol. The number of Topliss-reactive ketones (excluding diaryl/α,β-unsaturated/α-hetero) is 1. The molecule has 0 saturated carbocycles. The first-order valence-corrected chi connectivity index (χ1v) is 6.63. The zero-order valence-electron chi connectivity index (χ0n) is 13.2. The van der Waals surface area contributed by atoms with Gasteiger partial charge in [0.2, 0.25) is 12.5 Å². The van der Waals surface area contributed by atoms with E-state index in [1.54, 1.807) is 25.2 Å². The van der Waals surface area contributed by atoms with Crippen LogP contribution < -0.4 is 62.0 Å². The number of nitroso groups, excluding NO2 is 1. The molecule has 0 aliphatic rings. The van der Waals surface area contributed by atoms with E-state index in [-0.39, 0.29) is 70.1 Å². The minimum atomic E-state index is -0.464. The molecule has 1 aromatic rings. The van der Waals surface area contributed by atoms with E-state index >= 15 is 0 Å². The molecule has 0 radical (unpaired) electrons. The van der Waals surface area contributed by atoms with Crippen molar-refractivity contribution in [3.8, 4) is 0 Å². The molecule has 1 aromatic carbocycles. The Morgan fingerprint density at radius 2 is 1.95 bits per heavy atom. The Balaban J connectivity index is 0.00000441. The van der Waals surface area contributed by atoms with Gasteiger partial charge in [-0.05, 0) is 25.6 Å². The number of anilines is 1. The molecule has 0 aromatic heterocycles. The van der Waals surface area contributed by atoms with Crippen molar-refractivity contribution in [3.05, 3.63) is 34.4 Å². The molecule has 0 bridgehead atoms. The number of benzene rings is 1. The molecule has 0 heterocycles. The SMILES string of the molecule is CNCC[N+](=O)c1cc(CC(C)=O)cc(NC(=O)C[NH-])c1.[K+]. The molecule has 7 nitrogen and oxygen atoms in total. The maximum absolute atomic E-state index is 12.0. The largest absolute Gasteiger partial charge is 1.00 e. The number of rotatable bonds is 8. The van der Waals surface area contributed by atoms with Gasteiger partial charge in [0.1, 0.15) is 5.78 Å². The standard InChI is InChI=1S/C14H20N4O3.K/c1-10(19)5-11-6-12(17-14(20)9-15)8-13(7-11)18(21)4-3-16-2;/h6-8,15-16H,3-5,9H2,1-2H3,(H,17,20);/q;+1. The molecule has 114 valence electrons. The Morgan fingerprint density at radius 1 is 1.27 bits per heavy atom. The number of hydrogen-bond acceptors (Lipinski definition) is 4. The second kappa shape index (κ2) is 11.1. The Morgan fingerprint density at radius 3 is 2.50 bits per heavy atom. The van der Waals surface area contributed by atoms with Crippen LogP contribution in [0.2, 0.25) is 0 Å². The van der Waals surface area contributed by atoms with Gasteiger partial charge in [0.05, 0.1) is 6.54 Å². The van der Waals surface area contributed by atoms with Gasteiger partial charge in [0.25, 0.3) is 5.69 Å². The first kappa shape index (κ1) is 21.5. The molecule has 8 heteroatoms. The summed E-state index contributed by atoms with van der Waals surface area (Å²) in [7, 11) is 1.75. The molecule has 0 fully saturated rings. The van der Waals surface area contributed by atoms with Crippen LogP contribution in [0.25, 0.3) is 5.73 Å². The smallest absolute Gasteiger partial charge is 0.670 e. The number of nitrogens with one attached hydrogen (secondary N) is 3. The van der Waals surface area contributed by atoms with Crippen LogP contribution in [-0.2, 0) is 16.0 Å². The third-order valence-electron chi connectivity index (χ3n) is 2.73. The fraction of sp³-hybridized carbons (Fsp3) is 0.429. The van der Waals surface area contributed by atoms with Crippen LogP contribution in [0.3, 0.4) is 0 Å². The minimum Gasteiger partial charge on any atom is -0.670 e. The van der Waals surface area contributed by atoms with Crippen LogP contribution in [0.4, 0.5) is 11.4 Å². The maximum Gasteiger partial charge on any atom is 1.00 e. The molecule has 0 spiro atoms. The summed E-state index contributed by atoms with van der Waals surface area (Å²) in [5.41, 5.74) is 8.47. The van der Waals surface area contributed by atoms with Crippen molar-refractivity contribution in [2.45, 2.75) is 13.3 Å². The van der Waals surface area contributed by atoms with E-state index in [2.05, 4.69) is 10.6 Å². The zero-order chi connectivity index (χ0) is 15.8. The Hall–Kier alpha value is -0.484. The van der Waals surface area contributed by atoms with E-state index in [1.807, 2.05) is 0 Å². The first-order valence-electron chi connectivity index (χ1n) is 6.63. The number of carbonyl (C=O) groups excluding carboxylic acids is 2. The van der Waals surface area contributed by atoms with Crippen molar-refractivity contribution in [3.63, 3.8) is 0 Å². The van der Waals surface area contributed by atoms with Crippen molar-refractivity contribution >= 4 is 23.1 Å². The number of carbonyl (C=O) groups is 2. The fourth-order valence-corrected chi connectivity index (χ4v) is 1.83.